The minimum Gasteiger partial charge on any atom is -0.478 e. The summed E-state index contributed by atoms with van der Waals surface area (Å²) >= 11 is 5.91. The average Bonchev–Trinajstić information content (AvgIpc) is 3.05. The molecule has 0 radical (unpaired) electrons. The van der Waals surface area contributed by atoms with E-state index in [0.29, 0.717) is 22.0 Å². The quantitative estimate of drug-likeness (QED) is 0.529. The molecule has 5 heteroatoms. The van der Waals surface area contributed by atoms with E-state index in [2.05, 4.69) is 4.98 Å². The van der Waals surface area contributed by atoms with Crippen molar-refractivity contribution in [2.75, 3.05) is 0 Å². The first kappa shape index (κ1) is 15.4. The van der Waals surface area contributed by atoms with E-state index in [-0.39, 0.29) is 5.56 Å². The molecule has 0 aliphatic carbocycles. The minimum atomic E-state index is -0.950. The average molecular weight is 350 g/mol. The third kappa shape index (κ3) is 2.99. The molecule has 1 aromatic heterocycles. The van der Waals surface area contributed by atoms with Crippen LogP contribution in [0.1, 0.15) is 10.4 Å². The highest BCUT2D eigenvalue weighted by Crippen LogP contribution is 2.29. The number of carbonyl (C=O) groups is 1. The van der Waals surface area contributed by atoms with Gasteiger partial charge >= 0.3 is 5.97 Å². The van der Waals surface area contributed by atoms with E-state index in [4.69, 9.17) is 21.1 Å². The smallest absolute Gasteiger partial charge is 0.335 e. The second kappa shape index (κ2) is 6.07. The van der Waals surface area contributed by atoms with E-state index < -0.39 is 5.97 Å². The Morgan fingerprint density at radius 1 is 0.920 bits per heavy atom. The standard InChI is InChI=1S/C20H12ClNO3/c21-16-7-4-12(5-8-16)19-22-17-11-14(6-9-18(17)25-19)13-2-1-3-15(10-13)20(23)24/h1-11H,(H,23,24). The van der Waals surface area contributed by atoms with E-state index in [1.165, 1.54) is 0 Å². The third-order valence-corrected chi connectivity index (χ3v) is 4.17. The number of benzene rings is 3. The fraction of sp³-hybridized carbons (Fsp3) is 0. The van der Waals surface area contributed by atoms with Crippen LogP contribution < -0.4 is 0 Å². The van der Waals surface area contributed by atoms with Gasteiger partial charge in [-0.05, 0) is 59.7 Å². The van der Waals surface area contributed by atoms with Crippen molar-refractivity contribution in [2.24, 2.45) is 0 Å². The molecule has 1 N–H and O–H groups in total. The number of carboxylic acids is 1. The van der Waals surface area contributed by atoms with Crippen molar-refractivity contribution >= 4 is 28.7 Å². The lowest BCUT2D eigenvalue weighted by atomic mass is 10.0. The molecule has 4 nitrogen and oxygen atoms in total. The van der Waals surface area contributed by atoms with Gasteiger partial charge in [-0.15, -0.1) is 0 Å². The summed E-state index contributed by atoms with van der Waals surface area (Å²) in [4.78, 5) is 15.7. The molecule has 0 saturated carbocycles. The Labute approximate surface area is 148 Å². The van der Waals surface area contributed by atoms with Gasteiger partial charge in [-0.2, -0.15) is 0 Å². The van der Waals surface area contributed by atoms with Crippen molar-refractivity contribution < 1.29 is 14.3 Å². The zero-order valence-corrected chi connectivity index (χ0v) is 13.7. The Morgan fingerprint density at radius 3 is 2.40 bits per heavy atom. The van der Waals surface area contributed by atoms with E-state index in [1.807, 2.05) is 36.4 Å². The Morgan fingerprint density at radius 2 is 1.64 bits per heavy atom. The number of rotatable bonds is 3. The number of aromatic carboxylic acids is 1. The fourth-order valence-electron chi connectivity index (χ4n) is 2.65. The highest BCUT2D eigenvalue weighted by molar-refractivity contribution is 6.30. The molecule has 0 fully saturated rings. The number of nitrogens with zero attached hydrogens (tertiary/aromatic N) is 1. The molecule has 0 atom stereocenters. The summed E-state index contributed by atoms with van der Waals surface area (Å²) in [6.07, 6.45) is 0. The van der Waals surface area contributed by atoms with Crippen molar-refractivity contribution in [1.29, 1.82) is 0 Å². The first-order valence-electron chi connectivity index (χ1n) is 7.60. The van der Waals surface area contributed by atoms with Crippen LogP contribution >= 0.6 is 11.6 Å². The van der Waals surface area contributed by atoms with Crippen molar-refractivity contribution in [3.63, 3.8) is 0 Å². The van der Waals surface area contributed by atoms with Gasteiger partial charge < -0.3 is 9.52 Å². The zero-order chi connectivity index (χ0) is 17.4. The molecule has 0 spiro atoms. The molecule has 0 bridgehead atoms. The summed E-state index contributed by atoms with van der Waals surface area (Å²) in [6, 6.07) is 19.7. The summed E-state index contributed by atoms with van der Waals surface area (Å²) in [6.45, 7) is 0. The van der Waals surface area contributed by atoms with Crippen LogP contribution in [-0.2, 0) is 0 Å². The SMILES string of the molecule is O=C(O)c1cccc(-c2ccc3oc(-c4ccc(Cl)cc4)nc3c2)c1. The molecule has 122 valence electrons. The van der Waals surface area contributed by atoms with Crippen LogP contribution in [0.2, 0.25) is 5.02 Å². The first-order valence-corrected chi connectivity index (χ1v) is 7.98. The molecule has 0 unspecified atom stereocenters. The lowest BCUT2D eigenvalue weighted by Crippen LogP contribution is -1.95. The van der Waals surface area contributed by atoms with Crippen LogP contribution in [0.25, 0.3) is 33.7 Å². The van der Waals surface area contributed by atoms with E-state index in [0.717, 1.165) is 16.7 Å². The number of hydrogen-bond donors (Lipinski definition) is 1. The molecule has 3 aromatic carbocycles. The molecular weight excluding hydrogens is 338 g/mol. The number of carboxylic acid groups (broad SMARTS) is 1. The van der Waals surface area contributed by atoms with Gasteiger partial charge in [0, 0.05) is 10.6 Å². The summed E-state index contributed by atoms with van der Waals surface area (Å²) in [5, 5.41) is 9.79. The predicted molar refractivity (Wildman–Crippen MR) is 96.9 cm³/mol. The lowest BCUT2D eigenvalue weighted by molar-refractivity contribution is 0.0697. The van der Waals surface area contributed by atoms with E-state index in [9.17, 15) is 4.79 Å². The van der Waals surface area contributed by atoms with Crippen molar-refractivity contribution in [1.82, 2.24) is 4.98 Å². The lowest BCUT2D eigenvalue weighted by Gasteiger charge is -2.02. The van der Waals surface area contributed by atoms with Crippen LogP contribution in [0, 0.1) is 0 Å². The number of halogens is 1. The molecule has 25 heavy (non-hydrogen) atoms. The molecule has 0 saturated heterocycles. The summed E-state index contributed by atoms with van der Waals surface area (Å²) < 4.78 is 5.80. The largest absolute Gasteiger partial charge is 0.478 e. The highest BCUT2D eigenvalue weighted by atomic mass is 35.5. The molecule has 4 aromatic rings. The Hall–Kier alpha value is -3.11. The van der Waals surface area contributed by atoms with Gasteiger partial charge in [0.2, 0.25) is 5.89 Å². The van der Waals surface area contributed by atoms with Crippen molar-refractivity contribution in [3.8, 4) is 22.6 Å². The summed E-state index contributed by atoms with van der Waals surface area (Å²) in [7, 11) is 0. The minimum absolute atomic E-state index is 0.250. The third-order valence-electron chi connectivity index (χ3n) is 3.92. The van der Waals surface area contributed by atoms with Crippen LogP contribution in [0.4, 0.5) is 0 Å². The van der Waals surface area contributed by atoms with Crippen LogP contribution in [0.15, 0.2) is 71.1 Å². The second-order valence-corrected chi connectivity index (χ2v) is 6.03. The maximum absolute atomic E-state index is 11.1. The molecule has 0 aliphatic rings. The second-order valence-electron chi connectivity index (χ2n) is 5.59. The highest BCUT2D eigenvalue weighted by Gasteiger charge is 2.10. The van der Waals surface area contributed by atoms with Gasteiger partial charge in [0.1, 0.15) is 5.52 Å². The van der Waals surface area contributed by atoms with Crippen LogP contribution in [0.3, 0.4) is 0 Å². The first-order chi connectivity index (χ1) is 12.1. The van der Waals surface area contributed by atoms with Crippen LogP contribution in [0.5, 0.6) is 0 Å². The molecular formula is C20H12ClNO3. The summed E-state index contributed by atoms with van der Waals surface area (Å²) in [5.74, 6) is -0.433. The maximum Gasteiger partial charge on any atom is 0.335 e. The maximum atomic E-state index is 11.1. The monoisotopic (exact) mass is 349 g/mol. The molecule has 0 amide bonds. The molecule has 4 rings (SSSR count). The van der Waals surface area contributed by atoms with Gasteiger partial charge in [-0.1, -0.05) is 29.8 Å². The zero-order valence-electron chi connectivity index (χ0n) is 12.9. The topological polar surface area (TPSA) is 63.3 Å². The number of hydrogen-bond acceptors (Lipinski definition) is 3. The van der Waals surface area contributed by atoms with Gasteiger partial charge in [0.05, 0.1) is 5.56 Å². The Kier molecular flexibility index (Phi) is 3.75. The predicted octanol–water partition coefficient (Wildman–Crippen LogP) is 5.51. The molecule has 0 aliphatic heterocycles. The Bertz CT molecular complexity index is 1080. The number of fused-ring (bicyclic) bond motifs is 1. The van der Waals surface area contributed by atoms with Crippen molar-refractivity contribution in [2.45, 2.75) is 0 Å². The van der Waals surface area contributed by atoms with Crippen LogP contribution in [-0.4, -0.2) is 16.1 Å². The van der Waals surface area contributed by atoms with Gasteiger partial charge in [0.15, 0.2) is 5.58 Å². The Balaban J connectivity index is 1.77. The van der Waals surface area contributed by atoms with Gasteiger partial charge in [0.25, 0.3) is 0 Å². The van der Waals surface area contributed by atoms with Gasteiger partial charge in [-0.3, -0.25) is 0 Å². The van der Waals surface area contributed by atoms with E-state index >= 15 is 0 Å². The summed E-state index contributed by atoms with van der Waals surface area (Å²) in [5.41, 5.74) is 4.17. The number of aromatic nitrogens is 1. The fourth-order valence-corrected chi connectivity index (χ4v) is 2.78. The molecule has 1 heterocycles. The van der Waals surface area contributed by atoms with Crippen molar-refractivity contribution in [3.05, 3.63) is 77.3 Å². The normalized spacial score (nSPS) is 10.9. The van der Waals surface area contributed by atoms with Gasteiger partial charge in [-0.25, -0.2) is 9.78 Å². The van der Waals surface area contributed by atoms with E-state index in [1.54, 1.807) is 30.3 Å². The number of oxazole rings is 1.